The first kappa shape index (κ1) is 46.1. The van der Waals surface area contributed by atoms with Crippen molar-refractivity contribution in [2.75, 3.05) is 20.8 Å². The van der Waals surface area contributed by atoms with Crippen molar-refractivity contribution < 1.29 is 28.7 Å². The molecule has 64 heavy (non-hydrogen) atoms. The van der Waals surface area contributed by atoms with Crippen molar-refractivity contribution in [3.05, 3.63) is 71.4 Å². The zero-order valence-corrected chi connectivity index (χ0v) is 38.2. The number of ether oxygens (including phenoxy) is 2. The second-order valence-electron chi connectivity index (χ2n) is 18.4. The van der Waals surface area contributed by atoms with Crippen LogP contribution in [0.15, 0.2) is 48.7 Å². The van der Waals surface area contributed by atoms with Gasteiger partial charge in [-0.25, -0.2) is 19.6 Å². The lowest BCUT2D eigenvalue weighted by Crippen LogP contribution is -2.36. The molecule has 4 amide bonds. The van der Waals surface area contributed by atoms with Crippen LogP contribution in [0.4, 0.5) is 9.59 Å². The topological polar surface area (TPSA) is 203 Å². The minimum Gasteiger partial charge on any atom is -0.453 e. The Morgan fingerprint density at radius 1 is 0.766 bits per heavy atom. The maximum absolute atomic E-state index is 13.5. The van der Waals surface area contributed by atoms with Gasteiger partial charge in [-0.2, -0.15) is 0 Å². The summed E-state index contributed by atoms with van der Waals surface area (Å²) in [5, 5.41) is 2.31. The summed E-state index contributed by atoms with van der Waals surface area (Å²) in [6, 6.07) is 16.1. The quantitative estimate of drug-likeness (QED) is 0.118. The predicted molar refractivity (Wildman–Crippen MR) is 249 cm³/mol. The number of likely N-dealkylation sites (tertiary alicyclic amines) is 2. The number of nitrogens with two attached hydrogens (primary N) is 2. The summed E-state index contributed by atoms with van der Waals surface area (Å²) in [7, 11) is 2.45. The van der Waals surface area contributed by atoms with E-state index < -0.39 is 12.2 Å². The average Bonchev–Trinajstić information content (AvgIpc) is 4.13. The molecule has 14 nitrogen and oxygen atoms in total. The van der Waals surface area contributed by atoms with Crippen LogP contribution in [-0.4, -0.2) is 80.5 Å². The number of rotatable bonds is 8. The predicted octanol–water partition coefficient (Wildman–Crippen LogP) is 9.81. The van der Waals surface area contributed by atoms with E-state index in [1.807, 2.05) is 6.20 Å². The molecule has 342 valence electrons. The van der Waals surface area contributed by atoms with E-state index in [0.717, 1.165) is 78.8 Å². The Morgan fingerprint density at radius 3 is 2.14 bits per heavy atom. The van der Waals surface area contributed by atoms with Crippen LogP contribution in [0.5, 0.6) is 0 Å². The van der Waals surface area contributed by atoms with E-state index >= 15 is 0 Å². The Morgan fingerprint density at radius 2 is 1.45 bits per heavy atom. The zero-order chi connectivity index (χ0) is 45.5. The fourth-order valence-corrected chi connectivity index (χ4v) is 10.4. The van der Waals surface area contributed by atoms with Gasteiger partial charge in [0, 0.05) is 36.4 Å². The van der Waals surface area contributed by atoms with Crippen LogP contribution in [0.2, 0.25) is 0 Å². The molecule has 4 heterocycles. The van der Waals surface area contributed by atoms with Gasteiger partial charge >= 0.3 is 12.2 Å². The van der Waals surface area contributed by atoms with Gasteiger partial charge < -0.3 is 40.7 Å². The lowest BCUT2D eigenvalue weighted by Gasteiger charge is -2.28. The van der Waals surface area contributed by atoms with Crippen molar-refractivity contribution in [1.82, 2.24) is 29.7 Å². The summed E-state index contributed by atoms with van der Waals surface area (Å²) >= 11 is 0. The number of imidazole rings is 2. The zero-order valence-electron chi connectivity index (χ0n) is 38.2. The van der Waals surface area contributed by atoms with Gasteiger partial charge in [0.15, 0.2) is 0 Å². The fraction of sp³-hybridized carbons (Fsp3) is 0.520. The molecule has 14 heteroatoms. The Hall–Kier alpha value is -5.92. The summed E-state index contributed by atoms with van der Waals surface area (Å²) in [4.78, 5) is 67.1. The van der Waals surface area contributed by atoms with Crippen molar-refractivity contribution in [3.63, 3.8) is 0 Å². The number of nitrogens with one attached hydrogen (secondary N) is 2. The number of hydrogen-bond acceptors (Lipinski definition) is 8. The first-order chi connectivity index (χ1) is 30.9. The van der Waals surface area contributed by atoms with E-state index in [4.69, 9.17) is 9.97 Å². The van der Waals surface area contributed by atoms with E-state index in [1.54, 1.807) is 0 Å². The first-order valence-corrected chi connectivity index (χ1v) is 23.3. The summed E-state index contributed by atoms with van der Waals surface area (Å²) < 4.78 is 7.78. The van der Waals surface area contributed by atoms with E-state index in [1.165, 1.54) is 92.4 Å². The molecule has 2 aliphatic heterocycles. The smallest absolute Gasteiger partial charge is 0.404 e. The van der Waals surface area contributed by atoms with Crippen LogP contribution in [0.3, 0.4) is 0 Å². The molecule has 3 unspecified atom stereocenters. The summed E-state index contributed by atoms with van der Waals surface area (Å²) in [5.41, 5.74) is 18.6. The molecule has 2 saturated heterocycles. The Balaban J connectivity index is 0.000000554. The Labute approximate surface area is 376 Å². The molecule has 2 aliphatic carbocycles. The monoisotopic (exact) mass is 875 g/mol. The van der Waals surface area contributed by atoms with Gasteiger partial charge in [0.05, 0.1) is 49.2 Å². The molecule has 2 aromatic heterocycles. The van der Waals surface area contributed by atoms with Crippen LogP contribution in [0.25, 0.3) is 44.2 Å². The van der Waals surface area contributed by atoms with Gasteiger partial charge in [-0.05, 0) is 123 Å². The second-order valence-corrected chi connectivity index (χ2v) is 18.4. The molecular weight excluding hydrogens is 809 g/mol. The molecule has 3 fully saturated rings. The molecule has 5 aromatic rings. The second kappa shape index (κ2) is 20.7. The molecule has 3 aromatic carbocycles. The molecule has 9 rings (SSSR count). The van der Waals surface area contributed by atoms with Crippen molar-refractivity contribution in [2.24, 2.45) is 23.3 Å². The van der Waals surface area contributed by atoms with E-state index in [0.29, 0.717) is 30.6 Å². The number of primary amides is 2. The number of benzene rings is 3. The highest BCUT2D eigenvalue weighted by molar-refractivity contribution is 6.05. The number of methoxy groups -OCH3 is 2. The highest BCUT2D eigenvalue weighted by Crippen LogP contribution is 2.41. The lowest BCUT2D eigenvalue weighted by molar-refractivity contribution is -0.135. The van der Waals surface area contributed by atoms with Gasteiger partial charge in [-0.1, -0.05) is 63.4 Å². The molecule has 3 atom stereocenters. The first-order valence-electron chi connectivity index (χ1n) is 23.3. The molecular formula is C50H66N8O6. The number of H-pyrrole nitrogens is 2. The number of amides is 4. The molecule has 6 N–H and O–H groups in total. The van der Waals surface area contributed by atoms with Gasteiger partial charge in [-0.3, -0.25) is 9.59 Å². The lowest BCUT2D eigenvalue weighted by atomic mass is 9.82. The molecule has 0 bridgehead atoms. The largest absolute Gasteiger partial charge is 0.453 e. The Kier molecular flexibility index (Phi) is 14.9. The van der Waals surface area contributed by atoms with Gasteiger partial charge in [0.25, 0.3) is 0 Å². The average molecular weight is 875 g/mol. The highest BCUT2D eigenvalue weighted by Gasteiger charge is 2.37. The number of aromatic nitrogens is 4. The van der Waals surface area contributed by atoms with Crippen LogP contribution in [0, 0.1) is 11.8 Å². The third-order valence-electron chi connectivity index (χ3n) is 13.6. The van der Waals surface area contributed by atoms with Crippen molar-refractivity contribution in [2.45, 2.75) is 135 Å². The number of carbonyl (C=O) groups excluding carboxylic acids is 4. The van der Waals surface area contributed by atoms with Crippen molar-refractivity contribution >= 4 is 45.8 Å². The number of fused-ring (bicyclic) bond motifs is 4. The van der Waals surface area contributed by atoms with Crippen molar-refractivity contribution in [3.8, 4) is 22.4 Å². The van der Waals surface area contributed by atoms with Gasteiger partial charge in [-0.15, -0.1) is 0 Å². The molecule has 1 saturated carbocycles. The summed E-state index contributed by atoms with van der Waals surface area (Å²) in [5.74, 6) is 3.28. The number of nitrogens with zero attached hydrogens (tertiary/aromatic N) is 4. The number of carbonyl (C=O) groups is 4. The van der Waals surface area contributed by atoms with E-state index in [2.05, 4.69) is 104 Å². The number of aromatic amines is 2. The minimum atomic E-state index is -0.745. The number of hydrogen-bond donors (Lipinski definition) is 4. The van der Waals surface area contributed by atoms with E-state index in [-0.39, 0.29) is 24.0 Å². The summed E-state index contributed by atoms with van der Waals surface area (Å²) in [6.45, 7) is 7.23. The van der Waals surface area contributed by atoms with Crippen LogP contribution < -0.4 is 11.5 Å². The normalized spacial score (nSPS) is 19.8. The maximum atomic E-state index is 13.5. The molecule has 4 aliphatic rings. The summed E-state index contributed by atoms with van der Waals surface area (Å²) in [6.07, 6.45) is 16.5. The molecule has 0 spiro atoms. The standard InChI is InChI=1S/C46H56N6O2.2C2H5NO2/c1-28(2)24-43(54)52-29(3)15-22-41(52)46-48-38-21-17-32-26-31(16-18-34(32)44(38)50-46)33-19-20-37(36-13-8-7-12-35(33)36)39-27-47-45(49-39)40-14-9-23-51(40)42(53)25-30-10-5-4-6-11-30;2*1-5-2(3)4/h16-21,26-30,40-41H,4-15,22-25H2,1-3H3,(H,47,49)(H,48,50);2*1H3,(H2,3,4). The Bertz CT molecular complexity index is 2440. The third kappa shape index (κ3) is 10.4. The minimum absolute atomic E-state index is 0.00482. The van der Waals surface area contributed by atoms with Gasteiger partial charge in [0.2, 0.25) is 11.8 Å². The van der Waals surface area contributed by atoms with Crippen LogP contribution >= 0.6 is 0 Å². The van der Waals surface area contributed by atoms with Gasteiger partial charge in [0.1, 0.15) is 11.6 Å². The van der Waals surface area contributed by atoms with E-state index in [9.17, 15) is 19.2 Å². The van der Waals surface area contributed by atoms with Crippen LogP contribution in [-0.2, 0) is 31.9 Å². The highest BCUT2D eigenvalue weighted by atomic mass is 16.5. The SMILES string of the molecule is CC(C)CC(=O)N1C(C)CCC1c1nc2c(ccc3cc(-c4ccc(-c5cnc(C6CCCN6C(=O)CC6CCCCC6)[nH]5)c5c4CCCC5)ccc32)[nH]1.COC(N)=O.COC(N)=O. The fourth-order valence-electron chi connectivity index (χ4n) is 10.4. The molecule has 0 radical (unpaired) electrons. The maximum Gasteiger partial charge on any atom is 0.404 e. The van der Waals surface area contributed by atoms with Crippen molar-refractivity contribution in [1.29, 1.82) is 0 Å². The van der Waals surface area contributed by atoms with Crippen LogP contribution in [0.1, 0.15) is 139 Å². The third-order valence-corrected chi connectivity index (χ3v) is 13.6.